The number of esters is 1. The van der Waals surface area contributed by atoms with E-state index >= 15 is 0 Å². The fraction of sp³-hybridized carbons (Fsp3) is 0.152. The number of ketones is 1. The van der Waals surface area contributed by atoms with Gasteiger partial charge in [-0.15, -0.1) is 0 Å². The zero-order valence-corrected chi connectivity index (χ0v) is 25.3. The fourth-order valence-corrected chi connectivity index (χ4v) is 5.70. The number of aryl methyl sites for hydroxylation is 3. The van der Waals surface area contributed by atoms with Crippen LogP contribution in [0.25, 0.3) is 0 Å². The van der Waals surface area contributed by atoms with Gasteiger partial charge in [-0.1, -0.05) is 42.0 Å². The van der Waals surface area contributed by atoms with Gasteiger partial charge in [0, 0.05) is 17.3 Å². The van der Waals surface area contributed by atoms with Crippen LogP contribution in [0.1, 0.15) is 49.1 Å². The van der Waals surface area contributed by atoms with Crippen LogP contribution in [0.4, 0.5) is 5.69 Å². The maximum Gasteiger partial charge on any atom is 0.339 e. The lowest BCUT2D eigenvalue weighted by Gasteiger charge is -2.24. The van der Waals surface area contributed by atoms with Crippen LogP contribution in [0.15, 0.2) is 94.9 Å². The van der Waals surface area contributed by atoms with Gasteiger partial charge in [0.05, 0.1) is 16.0 Å². The van der Waals surface area contributed by atoms with E-state index in [1.54, 1.807) is 49.4 Å². The third kappa shape index (κ3) is 6.41. The molecule has 0 fully saturated rings. The number of sulfonamides is 1. The summed E-state index contributed by atoms with van der Waals surface area (Å²) in [5.41, 5.74) is 2.38. The van der Waals surface area contributed by atoms with Crippen molar-refractivity contribution in [2.45, 2.75) is 31.8 Å². The summed E-state index contributed by atoms with van der Waals surface area (Å²) in [6, 6.07) is 20.4. The second kappa shape index (κ2) is 12.2. The summed E-state index contributed by atoms with van der Waals surface area (Å²) in [5.74, 6) is -5.35. The maximum absolute atomic E-state index is 14.2. The van der Waals surface area contributed by atoms with Crippen LogP contribution in [0.5, 0.6) is 11.5 Å². The molecule has 0 saturated heterocycles. The van der Waals surface area contributed by atoms with Crippen LogP contribution in [0, 0.1) is 26.7 Å². The topological polar surface area (TPSA) is 171 Å². The number of anilines is 1. The largest absolute Gasteiger partial charge is 0.508 e. The molecule has 230 valence electrons. The summed E-state index contributed by atoms with van der Waals surface area (Å²) in [7, 11) is -4.34. The van der Waals surface area contributed by atoms with Crippen molar-refractivity contribution in [2.24, 2.45) is 11.0 Å². The summed E-state index contributed by atoms with van der Waals surface area (Å²) in [6.07, 6.45) is -1.43. The smallest absolute Gasteiger partial charge is 0.339 e. The van der Waals surface area contributed by atoms with Crippen LogP contribution in [-0.4, -0.2) is 42.0 Å². The first-order valence-corrected chi connectivity index (χ1v) is 15.2. The van der Waals surface area contributed by atoms with Crippen molar-refractivity contribution in [1.29, 1.82) is 0 Å². The number of phenolic OH excluding ortho intramolecular Hbond substituents is 2. The molecule has 0 aliphatic carbocycles. The summed E-state index contributed by atoms with van der Waals surface area (Å²) in [4.78, 5) is 43.0. The first-order valence-electron chi connectivity index (χ1n) is 13.8. The van der Waals surface area contributed by atoms with Crippen molar-refractivity contribution in [3.63, 3.8) is 0 Å². The van der Waals surface area contributed by atoms with Gasteiger partial charge in [0.2, 0.25) is 0 Å². The van der Waals surface area contributed by atoms with Gasteiger partial charge in [-0.2, -0.15) is 18.4 Å². The predicted molar refractivity (Wildman–Crippen MR) is 166 cm³/mol. The molecule has 1 aliphatic rings. The Bertz CT molecular complexity index is 1970. The third-order valence-corrected chi connectivity index (χ3v) is 8.69. The molecule has 1 aliphatic heterocycles. The van der Waals surface area contributed by atoms with Crippen LogP contribution in [0.2, 0.25) is 0 Å². The number of benzene rings is 4. The molecule has 0 spiro atoms. The number of phenols is 2. The molecule has 0 radical (unpaired) electrons. The minimum Gasteiger partial charge on any atom is -0.508 e. The maximum atomic E-state index is 14.2. The number of Topliss-reactive ketones (excluding diaryl/α,β-unsaturated/α-hetero) is 1. The minimum atomic E-state index is -4.34. The highest BCUT2D eigenvalue weighted by atomic mass is 32.2. The molecule has 0 aromatic heterocycles. The van der Waals surface area contributed by atoms with Crippen molar-refractivity contribution in [3.8, 4) is 11.5 Å². The third-order valence-electron chi connectivity index (χ3n) is 7.46. The first-order chi connectivity index (χ1) is 21.4. The lowest BCUT2D eigenvalue weighted by molar-refractivity contribution is -0.110. The van der Waals surface area contributed by atoms with E-state index in [0.717, 1.165) is 34.9 Å². The van der Waals surface area contributed by atoms with Crippen LogP contribution in [0.3, 0.4) is 0 Å². The normalized spacial score (nSPS) is 15.1. The number of carbonyl (C=O) groups is 3. The van der Waals surface area contributed by atoms with Crippen molar-refractivity contribution >= 4 is 39.1 Å². The second-order valence-corrected chi connectivity index (χ2v) is 12.3. The van der Waals surface area contributed by atoms with Crippen molar-refractivity contribution in [2.75, 3.05) is 5.32 Å². The number of ether oxygens (including phenoxy) is 1. The summed E-state index contributed by atoms with van der Waals surface area (Å²) in [5, 5.41) is 27.1. The molecule has 5 rings (SSSR count). The number of rotatable bonds is 9. The molecule has 4 aromatic carbocycles. The molecular formula is C33H29N3O8S. The van der Waals surface area contributed by atoms with E-state index < -0.39 is 51.2 Å². The molecule has 0 bridgehead atoms. The van der Waals surface area contributed by atoms with Crippen LogP contribution < -0.4 is 10.1 Å². The van der Waals surface area contributed by atoms with Crippen LogP contribution in [-0.2, 0) is 19.6 Å². The quantitative estimate of drug-likeness (QED) is 0.0895. The van der Waals surface area contributed by atoms with Gasteiger partial charge >= 0.3 is 5.97 Å². The number of aromatic hydroxyl groups is 2. The average Bonchev–Trinajstić information content (AvgIpc) is 3.32. The number of hydrogen-bond acceptors (Lipinski definition) is 9. The van der Waals surface area contributed by atoms with E-state index in [1.807, 2.05) is 13.8 Å². The van der Waals surface area contributed by atoms with Crippen molar-refractivity contribution in [1.82, 2.24) is 4.83 Å². The zero-order valence-electron chi connectivity index (χ0n) is 24.4. The van der Waals surface area contributed by atoms with Crippen molar-refractivity contribution in [3.05, 3.63) is 118 Å². The molecule has 11 nitrogen and oxygen atoms in total. The highest BCUT2D eigenvalue weighted by Crippen LogP contribution is 2.40. The molecule has 1 amide bonds. The number of hydrazone groups is 1. The summed E-state index contributed by atoms with van der Waals surface area (Å²) >= 11 is 0. The minimum absolute atomic E-state index is 0.143. The van der Waals surface area contributed by atoms with E-state index in [0.29, 0.717) is 5.69 Å². The second-order valence-electron chi connectivity index (χ2n) is 10.6. The van der Waals surface area contributed by atoms with Crippen LogP contribution >= 0.6 is 0 Å². The molecule has 12 heteroatoms. The highest BCUT2D eigenvalue weighted by Gasteiger charge is 2.46. The SMILES string of the molecule is Cc1ccc(S(=O)(=O)N/N=C(\C(=O)Nc2ccc(C)c(C)c2)C(C(=O)c2ccc(O)cc2O)C2OC(=O)c3ccccc32)cc1. The predicted octanol–water partition coefficient (Wildman–Crippen LogP) is 4.71. The van der Waals surface area contributed by atoms with E-state index in [9.17, 15) is 33.0 Å². The number of hydrogen-bond donors (Lipinski definition) is 4. The Morgan fingerprint density at radius 2 is 1.60 bits per heavy atom. The number of nitrogens with one attached hydrogen (secondary N) is 2. The molecule has 0 saturated carbocycles. The molecule has 2 unspecified atom stereocenters. The first kappa shape index (κ1) is 31.0. The Labute approximate surface area is 259 Å². The Morgan fingerprint density at radius 1 is 0.889 bits per heavy atom. The number of nitrogens with zero attached hydrogens (tertiary/aromatic N) is 1. The monoisotopic (exact) mass is 627 g/mol. The standard InChI is InChI=1S/C33H29N3O8S/c1-18-8-13-23(14-9-18)45(42,43)36-35-29(32(40)34-21-11-10-19(2)20(3)16-21)28(30(39)26-15-12-22(37)17-27(26)38)31-24-6-4-5-7-25(24)33(41)44-31/h4-17,28,31,36-38H,1-3H3,(H,34,40)/b35-29-. The highest BCUT2D eigenvalue weighted by molar-refractivity contribution is 7.89. The fourth-order valence-electron chi connectivity index (χ4n) is 4.88. The zero-order chi connectivity index (χ0) is 32.5. The molecule has 4 N–H and O–H groups in total. The van der Waals surface area contributed by atoms with Gasteiger partial charge < -0.3 is 20.3 Å². The number of carbonyl (C=O) groups excluding carboxylic acids is 3. The van der Waals surface area contributed by atoms with Gasteiger partial charge in [-0.25, -0.2) is 4.79 Å². The van der Waals surface area contributed by atoms with Gasteiger partial charge in [-0.05, 0) is 74.4 Å². The number of amides is 1. The van der Waals surface area contributed by atoms with E-state index in [1.165, 1.54) is 24.3 Å². The van der Waals surface area contributed by atoms with E-state index in [4.69, 9.17) is 4.74 Å². The van der Waals surface area contributed by atoms with Gasteiger partial charge in [-0.3, -0.25) is 9.59 Å². The number of fused-ring (bicyclic) bond motifs is 1. The van der Waals surface area contributed by atoms with Crippen molar-refractivity contribution < 1.29 is 37.8 Å². The van der Waals surface area contributed by atoms with Gasteiger partial charge in [0.25, 0.3) is 15.9 Å². The molecule has 45 heavy (non-hydrogen) atoms. The Morgan fingerprint density at radius 3 is 2.29 bits per heavy atom. The molecule has 4 aromatic rings. The molecular weight excluding hydrogens is 598 g/mol. The van der Waals surface area contributed by atoms with Gasteiger partial charge in [0.1, 0.15) is 29.2 Å². The summed E-state index contributed by atoms with van der Waals surface area (Å²) in [6.45, 7) is 5.51. The number of cyclic esters (lactones) is 1. The lowest BCUT2D eigenvalue weighted by atomic mass is 9.83. The Kier molecular flexibility index (Phi) is 8.42. The Hall–Kier alpha value is -5.49. The summed E-state index contributed by atoms with van der Waals surface area (Å²) < 4.78 is 32.1. The molecule has 1 heterocycles. The average molecular weight is 628 g/mol. The lowest BCUT2D eigenvalue weighted by Crippen LogP contribution is -2.40. The molecule has 2 atom stereocenters. The van der Waals surface area contributed by atoms with E-state index in [2.05, 4.69) is 15.2 Å². The van der Waals surface area contributed by atoms with E-state index in [-0.39, 0.29) is 27.3 Å². The Balaban J connectivity index is 1.67. The van der Waals surface area contributed by atoms with Gasteiger partial charge in [0.15, 0.2) is 5.78 Å².